The van der Waals surface area contributed by atoms with Gasteiger partial charge in [-0.05, 0) is 97.9 Å². The molecule has 3 aromatic carbocycles. The van der Waals surface area contributed by atoms with Gasteiger partial charge in [-0.2, -0.15) is 0 Å². The summed E-state index contributed by atoms with van der Waals surface area (Å²) in [6, 6.07) is 20.3. The summed E-state index contributed by atoms with van der Waals surface area (Å²) in [6.45, 7) is 6.56. The fraction of sp³-hybridized carbons (Fsp3) is 0.267. The van der Waals surface area contributed by atoms with Gasteiger partial charge in [0.2, 0.25) is 0 Å². The lowest BCUT2D eigenvalue weighted by Gasteiger charge is -2.26. The molecule has 4 aromatic rings. The number of carbonyl (C=O) groups excluding carboxylic acids is 1. The number of carbonyl (C=O) groups is 1. The average Bonchev–Trinajstić information content (AvgIpc) is 3.41. The van der Waals surface area contributed by atoms with E-state index in [-0.39, 0.29) is 11.7 Å². The molecule has 35 heavy (non-hydrogen) atoms. The first-order valence-corrected chi connectivity index (χ1v) is 12.3. The third-order valence-corrected chi connectivity index (χ3v) is 7.05. The molecule has 1 fully saturated rings. The lowest BCUT2D eigenvalue weighted by atomic mass is 10.0. The number of hydrogen-bond acceptors (Lipinski definition) is 3. The highest BCUT2D eigenvalue weighted by atomic mass is 19.1. The zero-order chi connectivity index (χ0) is 24.4. The molecule has 5 rings (SSSR count). The Morgan fingerprint density at radius 2 is 1.66 bits per heavy atom. The van der Waals surface area contributed by atoms with E-state index in [0.717, 1.165) is 52.8 Å². The first-order chi connectivity index (χ1) is 17.0. The fourth-order valence-corrected chi connectivity index (χ4v) is 5.09. The van der Waals surface area contributed by atoms with Crippen molar-refractivity contribution < 1.29 is 9.18 Å². The summed E-state index contributed by atoms with van der Waals surface area (Å²) in [7, 11) is 0. The van der Waals surface area contributed by atoms with E-state index in [9.17, 15) is 9.18 Å². The normalized spacial score (nSPS) is 14.8. The summed E-state index contributed by atoms with van der Waals surface area (Å²) >= 11 is 0. The molecule has 1 aliphatic heterocycles. The van der Waals surface area contributed by atoms with Crippen LogP contribution in [-0.2, 0) is 0 Å². The number of aryl methyl sites for hydroxylation is 1. The number of halogens is 1. The second-order valence-electron chi connectivity index (χ2n) is 9.28. The molecule has 1 aromatic heterocycles. The number of rotatable bonds is 6. The minimum absolute atomic E-state index is 0.171. The monoisotopic (exact) mass is 467 g/mol. The summed E-state index contributed by atoms with van der Waals surface area (Å²) in [5, 5.41) is 4.14. The number of hydrogen-bond donors (Lipinski definition) is 1. The molecule has 1 aliphatic rings. The van der Waals surface area contributed by atoms with Gasteiger partial charge in [0, 0.05) is 28.9 Å². The highest BCUT2D eigenvalue weighted by molar-refractivity contribution is 6.06. The van der Waals surface area contributed by atoms with Crippen LogP contribution in [0.1, 0.15) is 53.7 Å². The molecule has 5 heteroatoms. The van der Waals surface area contributed by atoms with Crippen LogP contribution in [0, 0.1) is 12.7 Å². The molecular weight excluding hydrogens is 437 g/mol. The number of likely N-dealkylation sites (tertiary alicyclic amines) is 1. The zero-order valence-electron chi connectivity index (χ0n) is 20.2. The van der Waals surface area contributed by atoms with Gasteiger partial charge in [-0.25, -0.2) is 4.39 Å². The highest BCUT2D eigenvalue weighted by Crippen LogP contribution is 2.31. The molecule has 4 nitrogen and oxygen atoms in total. The smallest absolute Gasteiger partial charge is 0.255 e. The van der Waals surface area contributed by atoms with Crippen LogP contribution in [0.3, 0.4) is 0 Å². The predicted octanol–water partition coefficient (Wildman–Crippen LogP) is 7.15. The molecular formula is C30H30FN3O. The van der Waals surface area contributed by atoms with Gasteiger partial charge in [0.15, 0.2) is 0 Å². The van der Waals surface area contributed by atoms with E-state index in [1.807, 2.05) is 37.4 Å². The Labute approximate surface area is 205 Å². The van der Waals surface area contributed by atoms with Crippen LogP contribution in [0.2, 0.25) is 0 Å². The van der Waals surface area contributed by atoms with Gasteiger partial charge in [-0.1, -0.05) is 37.3 Å². The van der Waals surface area contributed by atoms with Gasteiger partial charge >= 0.3 is 0 Å². The summed E-state index contributed by atoms with van der Waals surface area (Å²) in [5.74, 6) is -0.437. The van der Waals surface area contributed by atoms with Gasteiger partial charge in [-0.3, -0.25) is 14.7 Å². The molecule has 0 aliphatic carbocycles. The lowest BCUT2D eigenvalue weighted by Crippen LogP contribution is -2.25. The van der Waals surface area contributed by atoms with E-state index in [0.29, 0.717) is 11.6 Å². The van der Waals surface area contributed by atoms with Gasteiger partial charge in [0.25, 0.3) is 5.91 Å². The molecule has 178 valence electrons. The van der Waals surface area contributed by atoms with Crippen molar-refractivity contribution in [2.24, 2.45) is 0 Å². The first-order valence-electron chi connectivity index (χ1n) is 12.3. The molecule has 1 saturated heterocycles. The Kier molecular flexibility index (Phi) is 6.60. The van der Waals surface area contributed by atoms with Crippen LogP contribution in [-0.4, -0.2) is 28.9 Å². The van der Waals surface area contributed by atoms with Crippen molar-refractivity contribution in [3.05, 3.63) is 95.4 Å². The van der Waals surface area contributed by atoms with Crippen LogP contribution >= 0.6 is 0 Å². The number of fused-ring (bicyclic) bond motifs is 1. The number of nitrogens with one attached hydrogen (secondary N) is 1. The molecule has 1 unspecified atom stereocenters. The minimum Gasteiger partial charge on any atom is -0.322 e. The third kappa shape index (κ3) is 4.82. The average molecular weight is 468 g/mol. The second-order valence-corrected chi connectivity index (χ2v) is 9.28. The van der Waals surface area contributed by atoms with Crippen molar-refractivity contribution >= 4 is 22.5 Å². The summed E-state index contributed by atoms with van der Waals surface area (Å²) in [5.41, 5.74) is 6.30. The summed E-state index contributed by atoms with van der Waals surface area (Å²) in [6.07, 6.45) is 5.62. The number of anilines is 1. The Morgan fingerprint density at radius 3 is 2.31 bits per heavy atom. The largest absolute Gasteiger partial charge is 0.322 e. The van der Waals surface area contributed by atoms with Crippen molar-refractivity contribution in [3.63, 3.8) is 0 Å². The molecule has 0 radical (unpaired) electrons. The van der Waals surface area contributed by atoms with E-state index in [1.165, 1.54) is 30.5 Å². The van der Waals surface area contributed by atoms with Crippen LogP contribution < -0.4 is 5.32 Å². The van der Waals surface area contributed by atoms with Crippen molar-refractivity contribution in [1.29, 1.82) is 0 Å². The Hall–Kier alpha value is -3.57. The fourth-order valence-electron chi connectivity index (χ4n) is 5.09. The maximum Gasteiger partial charge on any atom is 0.255 e. The Balaban J connectivity index is 1.34. The van der Waals surface area contributed by atoms with E-state index in [4.69, 9.17) is 4.98 Å². The minimum atomic E-state index is -0.266. The molecule has 0 saturated carbocycles. The highest BCUT2D eigenvalue weighted by Gasteiger charge is 2.22. The Bertz CT molecular complexity index is 1340. The molecule has 2 heterocycles. The van der Waals surface area contributed by atoms with Gasteiger partial charge in [0.1, 0.15) is 5.82 Å². The number of pyridine rings is 1. The van der Waals surface area contributed by atoms with E-state index < -0.39 is 0 Å². The van der Waals surface area contributed by atoms with Crippen molar-refractivity contribution in [3.8, 4) is 11.1 Å². The van der Waals surface area contributed by atoms with E-state index in [1.54, 1.807) is 24.3 Å². The predicted molar refractivity (Wildman–Crippen MR) is 140 cm³/mol. The van der Waals surface area contributed by atoms with Gasteiger partial charge < -0.3 is 5.32 Å². The summed E-state index contributed by atoms with van der Waals surface area (Å²) in [4.78, 5) is 20.3. The number of aromatic nitrogens is 1. The molecule has 0 bridgehead atoms. The molecule has 1 N–H and O–H groups in total. The molecule has 1 atom stereocenters. The SMILES string of the molecule is CCC(c1cnc2c(C)c(NC(=O)c3ccc(-c4ccc(F)cc4)cc3)ccc2c1)N1CCCC1. The van der Waals surface area contributed by atoms with Crippen molar-refractivity contribution in [1.82, 2.24) is 9.88 Å². The quantitative estimate of drug-likeness (QED) is 0.328. The summed E-state index contributed by atoms with van der Waals surface area (Å²) < 4.78 is 13.2. The van der Waals surface area contributed by atoms with Gasteiger partial charge in [0.05, 0.1) is 5.52 Å². The number of amides is 1. The third-order valence-electron chi connectivity index (χ3n) is 7.05. The van der Waals surface area contributed by atoms with Gasteiger partial charge in [-0.15, -0.1) is 0 Å². The van der Waals surface area contributed by atoms with Crippen LogP contribution in [0.4, 0.5) is 10.1 Å². The standard InChI is InChI=1S/C30H30FN3O/c1-3-28(34-16-4-5-17-34)25-18-24-12-15-27(20(2)29(24)32-19-25)33-30(35)23-8-6-21(7-9-23)22-10-13-26(31)14-11-22/h6-15,18-19,28H,3-5,16-17H2,1-2H3,(H,33,35). The van der Waals surface area contributed by atoms with Crippen molar-refractivity contribution in [2.75, 3.05) is 18.4 Å². The van der Waals surface area contributed by atoms with Crippen LogP contribution in [0.25, 0.3) is 22.0 Å². The van der Waals surface area contributed by atoms with Crippen LogP contribution in [0.5, 0.6) is 0 Å². The zero-order valence-corrected chi connectivity index (χ0v) is 20.2. The van der Waals surface area contributed by atoms with E-state index in [2.05, 4.69) is 23.2 Å². The molecule has 1 amide bonds. The van der Waals surface area contributed by atoms with Crippen LogP contribution in [0.15, 0.2) is 72.9 Å². The number of benzene rings is 3. The lowest BCUT2D eigenvalue weighted by molar-refractivity contribution is 0.102. The van der Waals surface area contributed by atoms with Crippen molar-refractivity contribution in [2.45, 2.75) is 39.2 Å². The van der Waals surface area contributed by atoms with E-state index >= 15 is 0 Å². The number of nitrogens with zero attached hydrogens (tertiary/aromatic N) is 2. The maximum absolute atomic E-state index is 13.2. The Morgan fingerprint density at radius 1 is 1.00 bits per heavy atom. The maximum atomic E-state index is 13.2. The molecule has 0 spiro atoms. The first kappa shape index (κ1) is 23.2. The topological polar surface area (TPSA) is 45.2 Å². The second kappa shape index (κ2) is 9.96.